The maximum Gasteiger partial charge on any atom is 4.00 e. The number of fused-ring (bicyclic) bond motifs is 2. The first kappa shape index (κ1) is 24.0. The summed E-state index contributed by atoms with van der Waals surface area (Å²) in [6, 6.07) is 29.3. The van der Waals surface area contributed by atoms with Crippen molar-refractivity contribution >= 4 is 21.5 Å². The van der Waals surface area contributed by atoms with Gasteiger partial charge in [-0.3, -0.25) is 0 Å². The van der Waals surface area contributed by atoms with E-state index in [0.29, 0.717) is 0 Å². The molecular formula is C21H21BrHf. The Hall–Kier alpha value is -1.25. The Morgan fingerprint density at radius 3 is 1.30 bits per heavy atom. The summed E-state index contributed by atoms with van der Waals surface area (Å²) >= 11 is 0. The molecule has 0 bridgehead atoms. The van der Waals surface area contributed by atoms with Gasteiger partial charge in [-0.2, -0.15) is 35.0 Å². The van der Waals surface area contributed by atoms with Gasteiger partial charge in [0.25, 0.3) is 0 Å². The molecule has 0 spiro atoms. The second-order valence-corrected chi connectivity index (χ2v) is 4.31. The van der Waals surface area contributed by atoms with Gasteiger partial charge in [0.05, 0.1) is 0 Å². The molecule has 4 aromatic rings. The zero-order chi connectivity index (χ0) is 14.2. The van der Waals surface area contributed by atoms with Crippen LogP contribution in [-0.2, 0) is 25.8 Å². The molecule has 2 heteroatoms. The van der Waals surface area contributed by atoms with Crippen LogP contribution >= 0.6 is 0 Å². The average molecular weight is 532 g/mol. The van der Waals surface area contributed by atoms with Crippen LogP contribution in [0.5, 0.6) is 0 Å². The molecule has 0 nitrogen and oxygen atoms in total. The van der Waals surface area contributed by atoms with Gasteiger partial charge in [0.15, 0.2) is 0 Å². The van der Waals surface area contributed by atoms with Crippen LogP contribution in [0, 0.1) is 7.43 Å². The molecule has 0 aliphatic carbocycles. The molecule has 4 rings (SSSR count). The second kappa shape index (κ2) is 13.2. The number of hydrogen-bond donors (Lipinski definition) is 0. The van der Waals surface area contributed by atoms with Crippen LogP contribution in [0.2, 0.25) is 0 Å². The van der Waals surface area contributed by atoms with E-state index in [-0.39, 0.29) is 50.3 Å². The first-order chi connectivity index (χ1) is 9.93. The van der Waals surface area contributed by atoms with Gasteiger partial charge in [0.1, 0.15) is 0 Å². The predicted molar refractivity (Wildman–Crippen MR) is 96.8 cm³/mol. The van der Waals surface area contributed by atoms with E-state index >= 15 is 0 Å². The zero-order valence-electron chi connectivity index (χ0n) is 13.4. The van der Waals surface area contributed by atoms with Crippen molar-refractivity contribution in [3.05, 3.63) is 106 Å². The van der Waals surface area contributed by atoms with Crippen LogP contribution in [0.25, 0.3) is 21.5 Å². The fraction of sp³-hybridized carbons (Fsp3) is 0. The topological polar surface area (TPSA) is 0 Å². The fourth-order valence-corrected chi connectivity index (χ4v) is 2.14. The summed E-state index contributed by atoms with van der Waals surface area (Å²) < 4.78 is 0. The smallest absolute Gasteiger partial charge is 1.00 e. The van der Waals surface area contributed by atoms with E-state index in [1.807, 2.05) is 0 Å². The van der Waals surface area contributed by atoms with Crippen molar-refractivity contribution in [2.45, 2.75) is 0 Å². The molecular weight excluding hydrogens is 511 g/mol. The molecule has 0 saturated carbocycles. The maximum atomic E-state index is 3.00. The van der Waals surface area contributed by atoms with E-state index < -0.39 is 0 Å². The molecule has 0 amide bonds. The van der Waals surface area contributed by atoms with Gasteiger partial charge < -0.3 is 24.4 Å². The number of rotatable bonds is 0. The molecule has 0 atom stereocenters. The van der Waals surface area contributed by atoms with Crippen molar-refractivity contribution in [3.63, 3.8) is 0 Å². The van der Waals surface area contributed by atoms with Gasteiger partial charge in [-0.1, -0.05) is 12.1 Å². The third kappa shape index (κ3) is 6.80. The first-order valence-corrected chi connectivity index (χ1v) is 6.64. The van der Waals surface area contributed by atoms with Gasteiger partial charge in [0.2, 0.25) is 0 Å². The van der Waals surface area contributed by atoms with Gasteiger partial charge in [-0.05, 0) is 0 Å². The first-order valence-electron chi connectivity index (χ1n) is 6.64. The number of hydrogen-bond acceptors (Lipinski definition) is 0. The Balaban J connectivity index is 0. The van der Waals surface area contributed by atoms with E-state index in [1.165, 1.54) is 21.5 Å². The van der Waals surface area contributed by atoms with E-state index in [9.17, 15) is 0 Å². The minimum Gasteiger partial charge on any atom is -1.00 e. The molecule has 0 unspecified atom stereocenters. The normalized spacial score (nSPS) is 8.17. The van der Waals surface area contributed by atoms with Gasteiger partial charge in [0, 0.05) is 0 Å². The average Bonchev–Trinajstić information content (AvgIpc) is 3.18. The second-order valence-electron chi connectivity index (χ2n) is 4.31. The minimum absolute atomic E-state index is 0. The van der Waals surface area contributed by atoms with Crippen molar-refractivity contribution in [3.8, 4) is 0 Å². The Morgan fingerprint density at radius 2 is 0.957 bits per heavy atom. The molecule has 0 aromatic heterocycles. The Bertz CT molecular complexity index is 641. The maximum absolute atomic E-state index is 3.00. The molecule has 23 heavy (non-hydrogen) atoms. The largest absolute Gasteiger partial charge is 4.00 e. The fourth-order valence-electron chi connectivity index (χ4n) is 2.14. The number of benzene rings is 2. The van der Waals surface area contributed by atoms with E-state index in [0.717, 1.165) is 0 Å². The van der Waals surface area contributed by atoms with Gasteiger partial charge >= 0.3 is 25.8 Å². The molecule has 0 aliphatic rings. The Kier molecular flexibility index (Phi) is 13.8. The summed E-state index contributed by atoms with van der Waals surface area (Å²) in [7, 11) is 0. The van der Waals surface area contributed by atoms with Crippen LogP contribution in [0.1, 0.15) is 0 Å². The molecule has 0 radical (unpaired) electrons. The van der Waals surface area contributed by atoms with Gasteiger partial charge in [-0.25, -0.2) is 0 Å². The molecule has 4 aromatic carbocycles. The summed E-state index contributed by atoms with van der Waals surface area (Å²) in [4.78, 5) is 0. The van der Waals surface area contributed by atoms with Crippen molar-refractivity contribution < 1.29 is 42.8 Å². The molecule has 0 heterocycles. The SMILES string of the molecule is C=C.[Br-].[CH3-].[Hf+4].c1ccc2[cH-]ccc2c1.c1ccc2[cH-]ccc2c1. The van der Waals surface area contributed by atoms with E-state index in [4.69, 9.17) is 0 Å². The molecule has 0 fully saturated rings. The minimum atomic E-state index is 0. The summed E-state index contributed by atoms with van der Waals surface area (Å²) in [5.41, 5.74) is 0. The molecule has 116 valence electrons. The van der Waals surface area contributed by atoms with Crippen molar-refractivity contribution in [1.29, 1.82) is 0 Å². The van der Waals surface area contributed by atoms with Crippen molar-refractivity contribution in [2.75, 3.05) is 0 Å². The zero-order valence-corrected chi connectivity index (χ0v) is 18.6. The summed E-state index contributed by atoms with van der Waals surface area (Å²) in [5, 5.41) is 5.32. The van der Waals surface area contributed by atoms with Crippen LogP contribution in [-0.4, -0.2) is 0 Å². The van der Waals surface area contributed by atoms with Crippen LogP contribution in [0.4, 0.5) is 0 Å². The number of halogens is 1. The van der Waals surface area contributed by atoms with Crippen LogP contribution in [0.3, 0.4) is 0 Å². The van der Waals surface area contributed by atoms with Crippen LogP contribution in [0.15, 0.2) is 98.1 Å². The van der Waals surface area contributed by atoms with Crippen LogP contribution < -0.4 is 17.0 Å². The quantitative estimate of drug-likeness (QED) is 0.185. The molecule has 0 N–H and O–H groups in total. The summed E-state index contributed by atoms with van der Waals surface area (Å²) in [6.45, 7) is 6.00. The van der Waals surface area contributed by atoms with Crippen molar-refractivity contribution in [2.24, 2.45) is 0 Å². The Morgan fingerprint density at radius 1 is 0.609 bits per heavy atom. The summed E-state index contributed by atoms with van der Waals surface area (Å²) in [6.07, 6.45) is 0. The third-order valence-electron chi connectivity index (χ3n) is 3.10. The van der Waals surface area contributed by atoms with Gasteiger partial charge in [-0.15, -0.1) is 72.5 Å². The Labute approximate surface area is 169 Å². The predicted octanol–water partition coefficient (Wildman–Crippen LogP) is 3.37. The molecule has 0 aliphatic heterocycles. The van der Waals surface area contributed by atoms with Crippen molar-refractivity contribution in [1.82, 2.24) is 0 Å². The van der Waals surface area contributed by atoms with E-state index in [2.05, 4.69) is 98.1 Å². The third-order valence-corrected chi connectivity index (χ3v) is 3.10. The summed E-state index contributed by atoms with van der Waals surface area (Å²) in [5.74, 6) is 0. The standard InChI is InChI=1S/2C9H7.C2H4.CH3.BrH.Hf/c2*1-2-5-9-7-3-6-8(9)4-1;1-2;;;/h2*1-7H;1-2H2;1H3;1H;/q2*-1;;-1;;+4/p-1. The van der Waals surface area contributed by atoms with E-state index in [1.54, 1.807) is 0 Å². The molecule has 0 saturated heterocycles. The monoisotopic (exact) mass is 532 g/mol.